The van der Waals surface area contributed by atoms with E-state index in [1.807, 2.05) is 23.7 Å². The van der Waals surface area contributed by atoms with Gasteiger partial charge in [0.25, 0.3) is 0 Å². The number of carbonyl (C=O) groups is 1. The van der Waals surface area contributed by atoms with E-state index in [1.165, 1.54) is 6.08 Å². The van der Waals surface area contributed by atoms with Crippen LogP contribution >= 0.6 is 0 Å². The molecule has 1 aromatic heterocycles. The molecule has 0 amide bonds. The fourth-order valence-corrected chi connectivity index (χ4v) is 2.99. The lowest BCUT2D eigenvalue weighted by molar-refractivity contribution is -0.163. The molecular formula is C19H25N3O4. The molecule has 7 nitrogen and oxygen atoms in total. The minimum absolute atomic E-state index is 0.0973. The van der Waals surface area contributed by atoms with Crippen molar-refractivity contribution in [1.29, 1.82) is 0 Å². The summed E-state index contributed by atoms with van der Waals surface area (Å²) in [6.45, 7) is 6.05. The monoisotopic (exact) mass is 359 g/mol. The van der Waals surface area contributed by atoms with Gasteiger partial charge in [0, 0.05) is 12.7 Å². The van der Waals surface area contributed by atoms with E-state index in [0.717, 1.165) is 48.0 Å². The Labute approximate surface area is 152 Å². The standard InChI is InChI=1S/C19H25N3O4/c1-3-24-17(23)10-8-15-7-9-16-19(14(15)2)20-21-22(16)11-13-26-18-6-4-5-12-25-18/h7-10,18H,3-6,11-13H2,1-2H3/b10-8+. The quantitative estimate of drug-likeness (QED) is 0.559. The lowest BCUT2D eigenvalue weighted by atomic mass is 10.1. The zero-order valence-electron chi connectivity index (χ0n) is 15.3. The summed E-state index contributed by atoms with van der Waals surface area (Å²) in [5, 5.41) is 8.52. The molecule has 1 aliphatic heterocycles. The van der Waals surface area contributed by atoms with Crippen molar-refractivity contribution in [3.05, 3.63) is 29.3 Å². The average molecular weight is 359 g/mol. The third-order valence-electron chi connectivity index (χ3n) is 4.41. The van der Waals surface area contributed by atoms with E-state index in [4.69, 9.17) is 14.2 Å². The van der Waals surface area contributed by atoms with E-state index < -0.39 is 0 Å². The molecule has 0 N–H and O–H groups in total. The van der Waals surface area contributed by atoms with Gasteiger partial charge in [-0.05, 0) is 56.4 Å². The van der Waals surface area contributed by atoms with Crippen molar-refractivity contribution in [3.8, 4) is 0 Å². The Balaban J connectivity index is 1.66. The van der Waals surface area contributed by atoms with Crippen molar-refractivity contribution in [2.75, 3.05) is 19.8 Å². The van der Waals surface area contributed by atoms with Gasteiger partial charge in [-0.1, -0.05) is 11.3 Å². The van der Waals surface area contributed by atoms with E-state index in [-0.39, 0.29) is 12.3 Å². The zero-order valence-corrected chi connectivity index (χ0v) is 15.3. The number of hydrogen-bond donors (Lipinski definition) is 0. The number of fused-ring (bicyclic) bond motifs is 1. The summed E-state index contributed by atoms with van der Waals surface area (Å²) >= 11 is 0. The first-order valence-corrected chi connectivity index (χ1v) is 9.10. The SMILES string of the molecule is CCOC(=O)/C=C/c1ccc2c(nnn2CCOC2CCCCO2)c1C. The predicted molar refractivity (Wildman–Crippen MR) is 97.5 cm³/mol. The summed E-state index contributed by atoms with van der Waals surface area (Å²) in [7, 11) is 0. The predicted octanol–water partition coefficient (Wildman–Crippen LogP) is 2.86. The number of aromatic nitrogens is 3. The second kappa shape index (κ2) is 8.91. The second-order valence-electron chi connectivity index (χ2n) is 6.21. The van der Waals surface area contributed by atoms with Crippen LogP contribution in [0.25, 0.3) is 17.1 Å². The first kappa shape index (κ1) is 18.5. The van der Waals surface area contributed by atoms with E-state index in [1.54, 1.807) is 13.0 Å². The number of benzene rings is 1. The smallest absolute Gasteiger partial charge is 0.330 e. The van der Waals surface area contributed by atoms with Gasteiger partial charge >= 0.3 is 5.97 Å². The van der Waals surface area contributed by atoms with E-state index in [0.29, 0.717) is 19.8 Å². The Morgan fingerprint density at radius 3 is 3.08 bits per heavy atom. The molecule has 1 fully saturated rings. The number of nitrogens with zero attached hydrogens (tertiary/aromatic N) is 3. The van der Waals surface area contributed by atoms with Gasteiger partial charge in [0.15, 0.2) is 6.29 Å². The largest absolute Gasteiger partial charge is 0.463 e. The maximum Gasteiger partial charge on any atom is 0.330 e. The summed E-state index contributed by atoms with van der Waals surface area (Å²) < 4.78 is 18.1. The summed E-state index contributed by atoms with van der Waals surface area (Å²) in [6.07, 6.45) is 6.29. The molecule has 3 rings (SSSR count). The molecule has 1 atom stereocenters. The van der Waals surface area contributed by atoms with E-state index in [2.05, 4.69) is 10.3 Å². The van der Waals surface area contributed by atoms with Crippen LogP contribution in [0.5, 0.6) is 0 Å². The highest BCUT2D eigenvalue weighted by Crippen LogP contribution is 2.21. The normalized spacial score (nSPS) is 17.8. The molecule has 1 aromatic carbocycles. The minimum atomic E-state index is -0.349. The molecule has 1 saturated heterocycles. The van der Waals surface area contributed by atoms with Crippen LogP contribution in [0, 0.1) is 6.92 Å². The fraction of sp³-hybridized carbons (Fsp3) is 0.526. The van der Waals surface area contributed by atoms with Crippen molar-refractivity contribution >= 4 is 23.1 Å². The molecule has 0 saturated carbocycles. The van der Waals surface area contributed by atoms with Crippen molar-refractivity contribution in [2.45, 2.75) is 45.9 Å². The Hall–Kier alpha value is -2.25. The van der Waals surface area contributed by atoms with Crippen molar-refractivity contribution < 1.29 is 19.0 Å². The third kappa shape index (κ3) is 4.47. The van der Waals surface area contributed by atoms with Gasteiger partial charge in [0.1, 0.15) is 5.52 Å². The summed E-state index contributed by atoms with van der Waals surface area (Å²) in [6, 6.07) is 3.92. The average Bonchev–Trinajstić information content (AvgIpc) is 3.06. The Kier molecular flexibility index (Phi) is 6.35. The van der Waals surface area contributed by atoms with Gasteiger partial charge in [-0.25, -0.2) is 9.48 Å². The molecule has 1 aliphatic rings. The van der Waals surface area contributed by atoms with Gasteiger partial charge in [0.05, 0.1) is 25.3 Å². The van der Waals surface area contributed by atoms with Crippen molar-refractivity contribution in [3.63, 3.8) is 0 Å². The molecule has 7 heteroatoms. The molecule has 0 radical (unpaired) electrons. The highest BCUT2D eigenvalue weighted by molar-refractivity contribution is 5.89. The molecule has 1 unspecified atom stereocenters. The first-order valence-electron chi connectivity index (χ1n) is 9.10. The van der Waals surface area contributed by atoms with Crippen LogP contribution in [0.4, 0.5) is 0 Å². The number of esters is 1. The van der Waals surface area contributed by atoms with Crippen LogP contribution in [0.3, 0.4) is 0 Å². The van der Waals surface area contributed by atoms with Crippen LogP contribution < -0.4 is 0 Å². The van der Waals surface area contributed by atoms with Gasteiger partial charge in [-0.3, -0.25) is 0 Å². The van der Waals surface area contributed by atoms with E-state index in [9.17, 15) is 4.79 Å². The number of hydrogen-bond acceptors (Lipinski definition) is 6. The number of ether oxygens (including phenoxy) is 3. The van der Waals surface area contributed by atoms with Crippen LogP contribution in [0.1, 0.15) is 37.3 Å². The van der Waals surface area contributed by atoms with Gasteiger partial charge in [-0.15, -0.1) is 5.10 Å². The molecule has 26 heavy (non-hydrogen) atoms. The number of rotatable bonds is 7. The maximum atomic E-state index is 11.5. The Morgan fingerprint density at radius 2 is 2.31 bits per heavy atom. The number of carbonyl (C=O) groups excluding carboxylic acids is 1. The highest BCUT2D eigenvalue weighted by atomic mass is 16.7. The highest BCUT2D eigenvalue weighted by Gasteiger charge is 2.14. The minimum Gasteiger partial charge on any atom is -0.463 e. The molecule has 2 aromatic rings. The first-order chi connectivity index (χ1) is 12.7. The third-order valence-corrected chi connectivity index (χ3v) is 4.41. The molecule has 140 valence electrons. The Bertz CT molecular complexity index is 778. The van der Waals surface area contributed by atoms with Crippen molar-refractivity contribution in [1.82, 2.24) is 15.0 Å². The van der Waals surface area contributed by atoms with Crippen LogP contribution in [-0.4, -0.2) is 47.1 Å². The summed E-state index contributed by atoms with van der Waals surface area (Å²) in [5.41, 5.74) is 3.67. The van der Waals surface area contributed by atoms with Crippen LogP contribution in [0.15, 0.2) is 18.2 Å². The Morgan fingerprint density at radius 1 is 1.42 bits per heavy atom. The molecule has 0 spiro atoms. The fourth-order valence-electron chi connectivity index (χ4n) is 2.99. The lowest BCUT2D eigenvalue weighted by Crippen LogP contribution is -2.24. The number of aryl methyl sites for hydroxylation is 1. The molecule has 0 bridgehead atoms. The molecule has 2 heterocycles. The second-order valence-corrected chi connectivity index (χ2v) is 6.21. The van der Waals surface area contributed by atoms with Gasteiger partial charge in [0.2, 0.25) is 0 Å². The van der Waals surface area contributed by atoms with E-state index >= 15 is 0 Å². The lowest BCUT2D eigenvalue weighted by Gasteiger charge is -2.22. The maximum absolute atomic E-state index is 11.5. The topological polar surface area (TPSA) is 75.5 Å². The molecular weight excluding hydrogens is 334 g/mol. The van der Waals surface area contributed by atoms with Gasteiger partial charge in [-0.2, -0.15) is 0 Å². The molecule has 0 aliphatic carbocycles. The van der Waals surface area contributed by atoms with Gasteiger partial charge < -0.3 is 14.2 Å². The zero-order chi connectivity index (χ0) is 18.4. The van der Waals surface area contributed by atoms with Crippen LogP contribution in [-0.2, 0) is 25.5 Å². The van der Waals surface area contributed by atoms with Crippen LogP contribution in [0.2, 0.25) is 0 Å². The summed E-state index contributed by atoms with van der Waals surface area (Å²) in [4.78, 5) is 11.5. The summed E-state index contributed by atoms with van der Waals surface area (Å²) in [5.74, 6) is -0.349. The van der Waals surface area contributed by atoms with Crippen molar-refractivity contribution in [2.24, 2.45) is 0 Å².